The smallest absolute Gasteiger partial charge is 0.335 e. The Morgan fingerprint density at radius 1 is 1.33 bits per heavy atom. The average molecular weight is 267 g/mol. The van der Waals surface area contributed by atoms with Crippen LogP contribution in [0.4, 0.5) is 15.9 Å². The molecule has 1 aromatic heterocycles. The molecule has 0 unspecified atom stereocenters. The van der Waals surface area contributed by atoms with E-state index in [0.717, 1.165) is 6.07 Å². The van der Waals surface area contributed by atoms with E-state index in [1.165, 1.54) is 30.5 Å². The van der Waals surface area contributed by atoms with Gasteiger partial charge in [0.2, 0.25) is 0 Å². The van der Waals surface area contributed by atoms with Crippen LogP contribution in [-0.4, -0.2) is 16.1 Å². The zero-order valence-electron chi connectivity index (χ0n) is 9.02. The number of pyridine rings is 1. The molecule has 0 atom stereocenters. The van der Waals surface area contributed by atoms with Gasteiger partial charge in [-0.1, -0.05) is 11.6 Å². The number of aromatic carboxylic acids is 1. The molecule has 1 aromatic carbocycles. The number of rotatable bonds is 3. The Kier molecular flexibility index (Phi) is 3.43. The van der Waals surface area contributed by atoms with Gasteiger partial charge in [0, 0.05) is 11.2 Å². The predicted molar refractivity (Wildman–Crippen MR) is 65.9 cm³/mol. The Bertz CT molecular complexity index is 604. The largest absolute Gasteiger partial charge is 0.478 e. The lowest BCUT2D eigenvalue weighted by Crippen LogP contribution is -2.00. The van der Waals surface area contributed by atoms with Crippen molar-refractivity contribution in [2.24, 2.45) is 0 Å². The molecule has 2 N–H and O–H groups in total. The molecule has 2 aromatic rings. The Morgan fingerprint density at radius 2 is 2.11 bits per heavy atom. The highest BCUT2D eigenvalue weighted by Crippen LogP contribution is 2.22. The molecule has 0 saturated carbocycles. The molecule has 0 aliphatic carbocycles. The van der Waals surface area contributed by atoms with E-state index in [0.29, 0.717) is 0 Å². The molecule has 1 heterocycles. The lowest BCUT2D eigenvalue weighted by atomic mass is 10.2. The second-order valence-corrected chi connectivity index (χ2v) is 3.92. The molecule has 0 spiro atoms. The third-order valence-corrected chi connectivity index (χ3v) is 2.44. The number of hydrogen-bond donors (Lipinski definition) is 2. The van der Waals surface area contributed by atoms with Gasteiger partial charge >= 0.3 is 5.97 Å². The molecule has 92 valence electrons. The summed E-state index contributed by atoms with van der Waals surface area (Å²) < 4.78 is 13.5. The van der Waals surface area contributed by atoms with E-state index >= 15 is 0 Å². The maximum absolute atomic E-state index is 13.5. The van der Waals surface area contributed by atoms with Crippen molar-refractivity contribution in [3.63, 3.8) is 0 Å². The van der Waals surface area contributed by atoms with Gasteiger partial charge in [0.25, 0.3) is 0 Å². The molecule has 0 aliphatic heterocycles. The van der Waals surface area contributed by atoms with Crippen LogP contribution in [0.3, 0.4) is 0 Å². The summed E-state index contributed by atoms with van der Waals surface area (Å²) in [4.78, 5) is 14.7. The first-order chi connectivity index (χ1) is 8.56. The highest BCUT2D eigenvalue weighted by Gasteiger charge is 2.07. The molecule has 18 heavy (non-hydrogen) atoms. The summed E-state index contributed by atoms with van der Waals surface area (Å²) in [5.41, 5.74) is 0.247. The van der Waals surface area contributed by atoms with Gasteiger partial charge in [-0.05, 0) is 30.3 Å². The monoisotopic (exact) mass is 266 g/mol. The summed E-state index contributed by atoms with van der Waals surface area (Å²) >= 11 is 5.63. The Hall–Kier alpha value is -2.14. The molecule has 6 heteroatoms. The zero-order valence-corrected chi connectivity index (χ0v) is 9.78. The van der Waals surface area contributed by atoms with Crippen LogP contribution >= 0.6 is 11.6 Å². The SMILES string of the molecule is O=C(O)c1ccnc(Nc2ccc(Cl)cc2F)c1. The van der Waals surface area contributed by atoms with Gasteiger partial charge in [-0.3, -0.25) is 0 Å². The topological polar surface area (TPSA) is 62.2 Å². The second kappa shape index (κ2) is 5.01. The van der Waals surface area contributed by atoms with Crippen molar-refractivity contribution < 1.29 is 14.3 Å². The van der Waals surface area contributed by atoms with Gasteiger partial charge in [0.05, 0.1) is 11.3 Å². The Balaban J connectivity index is 2.28. The minimum absolute atomic E-state index is 0.0712. The normalized spacial score (nSPS) is 10.1. The van der Waals surface area contributed by atoms with Crippen molar-refractivity contribution >= 4 is 29.1 Å². The number of benzene rings is 1. The van der Waals surface area contributed by atoms with Crippen molar-refractivity contribution in [1.82, 2.24) is 4.98 Å². The third-order valence-electron chi connectivity index (χ3n) is 2.20. The van der Waals surface area contributed by atoms with Gasteiger partial charge in [-0.25, -0.2) is 14.2 Å². The number of aromatic nitrogens is 1. The van der Waals surface area contributed by atoms with Crippen molar-refractivity contribution in [3.8, 4) is 0 Å². The minimum atomic E-state index is -1.07. The molecule has 0 radical (unpaired) electrons. The van der Waals surface area contributed by atoms with Crippen LogP contribution in [0.1, 0.15) is 10.4 Å². The van der Waals surface area contributed by atoms with Crippen LogP contribution in [0, 0.1) is 5.82 Å². The van der Waals surface area contributed by atoms with Crippen molar-refractivity contribution in [3.05, 3.63) is 52.9 Å². The number of hydrogen-bond acceptors (Lipinski definition) is 3. The summed E-state index contributed by atoms with van der Waals surface area (Å²) in [5.74, 6) is -1.36. The van der Waals surface area contributed by atoms with E-state index in [1.807, 2.05) is 0 Å². The highest BCUT2D eigenvalue weighted by molar-refractivity contribution is 6.30. The first-order valence-corrected chi connectivity index (χ1v) is 5.35. The maximum Gasteiger partial charge on any atom is 0.335 e. The molecule has 0 fully saturated rings. The number of anilines is 2. The number of nitrogens with zero attached hydrogens (tertiary/aromatic N) is 1. The van der Waals surface area contributed by atoms with Crippen molar-refractivity contribution in [2.45, 2.75) is 0 Å². The van der Waals surface area contributed by atoms with Gasteiger partial charge in [-0.15, -0.1) is 0 Å². The van der Waals surface area contributed by atoms with Crippen LogP contribution in [0.25, 0.3) is 0 Å². The number of carboxylic acid groups (broad SMARTS) is 1. The number of carboxylic acids is 1. The van der Waals surface area contributed by atoms with Crippen molar-refractivity contribution in [2.75, 3.05) is 5.32 Å². The number of halogens is 2. The predicted octanol–water partition coefficient (Wildman–Crippen LogP) is 3.32. The maximum atomic E-state index is 13.5. The van der Waals surface area contributed by atoms with Crippen LogP contribution < -0.4 is 5.32 Å². The van der Waals surface area contributed by atoms with Gasteiger partial charge in [0.15, 0.2) is 0 Å². The fourth-order valence-corrected chi connectivity index (χ4v) is 1.52. The van der Waals surface area contributed by atoms with E-state index in [-0.39, 0.29) is 22.1 Å². The quantitative estimate of drug-likeness (QED) is 0.895. The third kappa shape index (κ3) is 2.75. The molecule has 2 rings (SSSR count). The van der Waals surface area contributed by atoms with E-state index < -0.39 is 11.8 Å². The lowest BCUT2D eigenvalue weighted by molar-refractivity contribution is 0.0697. The molecule has 0 aliphatic rings. The Morgan fingerprint density at radius 3 is 2.78 bits per heavy atom. The minimum Gasteiger partial charge on any atom is -0.478 e. The van der Waals surface area contributed by atoms with Gasteiger partial charge < -0.3 is 10.4 Å². The molecule has 0 saturated heterocycles. The first-order valence-electron chi connectivity index (χ1n) is 4.97. The Labute approximate surface area is 107 Å². The molecular formula is C12H8ClFN2O2. The zero-order chi connectivity index (χ0) is 13.1. The molecule has 0 amide bonds. The lowest BCUT2D eigenvalue weighted by Gasteiger charge is -2.07. The summed E-state index contributed by atoms with van der Waals surface area (Å²) in [6, 6.07) is 6.80. The first kappa shape index (κ1) is 12.3. The van der Waals surface area contributed by atoms with Crippen LogP contribution in [-0.2, 0) is 0 Å². The van der Waals surface area contributed by atoms with Crippen molar-refractivity contribution in [1.29, 1.82) is 0 Å². The average Bonchev–Trinajstić information content (AvgIpc) is 2.33. The molecule has 4 nitrogen and oxygen atoms in total. The molecular weight excluding hydrogens is 259 g/mol. The standard InChI is InChI=1S/C12H8ClFN2O2/c13-8-1-2-10(9(14)6-8)16-11-5-7(12(17)18)3-4-15-11/h1-6H,(H,15,16)(H,17,18). The summed E-state index contributed by atoms with van der Waals surface area (Å²) in [6.45, 7) is 0. The van der Waals surface area contributed by atoms with Crippen LogP contribution in [0.15, 0.2) is 36.5 Å². The number of nitrogens with one attached hydrogen (secondary N) is 1. The fourth-order valence-electron chi connectivity index (χ4n) is 1.36. The fraction of sp³-hybridized carbons (Fsp3) is 0. The van der Waals surface area contributed by atoms with Gasteiger partial charge in [0.1, 0.15) is 11.6 Å². The number of carbonyl (C=O) groups is 1. The van der Waals surface area contributed by atoms with E-state index in [4.69, 9.17) is 16.7 Å². The van der Waals surface area contributed by atoms with Crippen LogP contribution in [0.5, 0.6) is 0 Å². The summed E-state index contributed by atoms with van der Waals surface area (Å²) in [5, 5.41) is 11.8. The summed E-state index contributed by atoms with van der Waals surface area (Å²) in [7, 11) is 0. The highest BCUT2D eigenvalue weighted by atomic mass is 35.5. The van der Waals surface area contributed by atoms with Gasteiger partial charge in [-0.2, -0.15) is 0 Å². The van der Waals surface area contributed by atoms with Crippen LogP contribution in [0.2, 0.25) is 5.02 Å². The second-order valence-electron chi connectivity index (χ2n) is 3.48. The van der Waals surface area contributed by atoms with E-state index in [9.17, 15) is 9.18 Å². The molecule has 0 bridgehead atoms. The van der Waals surface area contributed by atoms with E-state index in [2.05, 4.69) is 10.3 Å². The summed E-state index contributed by atoms with van der Waals surface area (Å²) in [6.07, 6.45) is 1.33. The van der Waals surface area contributed by atoms with E-state index in [1.54, 1.807) is 0 Å².